The van der Waals surface area contributed by atoms with E-state index in [2.05, 4.69) is 10.6 Å². The van der Waals surface area contributed by atoms with E-state index in [-0.39, 0.29) is 11.8 Å². The molecule has 2 aromatic rings. The van der Waals surface area contributed by atoms with Crippen LogP contribution >= 0.6 is 23.2 Å². The Hall–Kier alpha value is -2.04. The average molecular weight is 365 g/mol. The van der Waals surface area contributed by atoms with E-state index in [1.54, 1.807) is 30.3 Å². The van der Waals surface area contributed by atoms with E-state index in [4.69, 9.17) is 23.2 Å². The van der Waals surface area contributed by atoms with Gasteiger partial charge < -0.3 is 10.6 Å². The van der Waals surface area contributed by atoms with Gasteiger partial charge in [0, 0.05) is 12.1 Å². The molecular formula is C18H18Cl2N2O2. The van der Waals surface area contributed by atoms with Crippen molar-refractivity contribution in [1.82, 2.24) is 0 Å². The van der Waals surface area contributed by atoms with Crippen molar-refractivity contribution in [2.75, 3.05) is 10.6 Å². The quantitative estimate of drug-likeness (QED) is 0.756. The van der Waals surface area contributed by atoms with E-state index in [1.165, 1.54) is 0 Å². The molecular weight excluding hydrogens is 347 g/mol. The number of nitrogens with one attached hydrogen (secondary N) is 2. The molecule has 0 saturated carbocycles. The van der Waals surface area contributed by atoms with Crippen molar-refractivity contribution in [2.24, 2.45) is 0 Å². The Bertz CT molecular complexity index is 776. The van der Waals surface area contributed by atoms with Gasteiger partial charge in [-0.05, 0) is 49.2 Å². The molecule has 0 aromatic heterocycles. The van der Waals surface area contributed by atoms with E-state index in [9.17, 15) is 9.59 Å². The van der Waals surface area contributed by atoms with E-state index in [0.717, 1.165) is 12.0 Å². The van der Waals surface area contributed by atoms with Crippen molar-refractivity contribution in [2.45, 2.75) is 26.7 Å². The van der Waals surface area contributed by atoms with Gasteiger partial charge in [0.25, 0.3) is 5.91 Å². The van der Waals surface area contributed by atoms with E-state index in [1.807, 2.05) is 19.9 Å². The van der Waals surface area contributed by atoms with Crippen molar-refractivity contribution < 1.29 is 9.59 Å². The molecule has 4 nitrogen and oxygen atoms in total. The minimum absolute atomic E-state index is 0.0846. The van der Waals surface area contributed by atoms with Gasteiger partial charge in [-0.25, -0.2) is 0 Å². The van der Waals surface area contributed by atoms with Crippen LogP contribution in [-0.4, -0.2) is 11.8 Å². The number of carbonyl (C=O) groups is 2. The van der Waals surface area contributed by atoms with Crippen molar-refractivity contribution in [3.8, 4) is 0 Å². The lowest BCUT2D eigenvalue weighted by atomic mass is 10.1. The van der Waals surface area contributed by atoms with Gasteiger partial charge in [-0.15, -0.1) is 0 Å². The standard InChI is InChI=1S/C18H18Cl2N2O2/c1-3-4-17(23)21-12-6-8-14(19)16(10-12)22-18(24)13-7-5-11(2)9-15(13)20/h5-10H,3-4H2,1-2H3,(H,21,23)(H,22,24). The third-order valence-corrected chi connectivity index (χ3v) is 3.99. The third-order valence-electron chi connectivity index (χ3n) is 3.34. The summed E-state index contributed by atoms with van der Waals surface area (Å²) in [5.74, 6) is -0.447. The number of hydrogen-bond acceptors (Lipinski definition) is 2. The first-order valence-corrected chi connectivity index (χ1v) is 8.33. The Balaban J connectivity index is 2.19. The monoisotopic (exact) mass is 364 g/mol. The van der Waals surface area contributed by atoms with Crippen LogP contribution in [0.2, 0.25) is 10.0 Å². The summed E-state index contributed by atoms with van der Waals surface area (Å²) in [5, 5.41) is 6.24. The first-order valence-electron chi connectivity index (χ1n) is 7.57. The lowest BCUT2D eigenvalue weighted by molar-refractivity contribution is -0.116. The third kappa shape index (κ3) is 4.73. The van der Waals surface area contributed by atoms with Crippen LogP contribution < -0.4 is 10.6 Å². The molecule has 0 aliphatic carbocycles. The largest absolute Gasteiger partial charge is 0.326 e. The second-order valence-electron chi connectivity index (χ2n) is 5.43. The first-order chi connectivity index (χ1) is 11.4. The Morgan fingerprint density at radius 2 is 1.75 bits per heavy atom. The highest BCUT2D eigenvalue weighted by Gasteiger charge is 2.13. The molecule has 0 fully saturated rings. The number of benzene rings is 2. The maximum absolute atomic E-state index is 12.4. The molecule has 0 radical (unpaired) electrons. The van der Waals surface area contributed by atoms with Gasteiger partial charge in [-0.2, -0.15) is 0 Å². The number of aryl methyl sites for hydroxylation is 1. The number of anilines is 2. The van der Waals surface area contributed by atoms with Crippen LogP contribution in [0, 0.1) is 6.92 Å². The Morgan fingerprint density at radius 3 is 2.42 bits per heavy atom. The van der Waals surface area contributed by atoms with Crippen LogP contribution in [-0.2, 0) is 4.79 Å². The maximum atomic E-state index is 12.4. The number of carbonyl (C=O) groups excluding carboxylic acids is 2. The summed E-state index contributed by atoms with van der Waals surface area (Å²) < 4.78 is 0. The summed E-state index contributed by atoms with van der Waals surface area (Å²) in [4.78, 5) is 24.1. The molecule has 2 aromatic carbocycles. The van der Waals surface area contributed by atoms with Gasteiger partial charge in [0.15, 0.2) is 0 Å². The summed E-state index contributed by atoms with van der Waals surface area (Å²) >= 11 is 12.2. The zero-order chi connectivity index (χ0) is 17.7. The summed E-state index contributed by atoms with van der Waals surface area (Å²) in [7, 11) is 0. The average Bonchev–Trinajstić information content (AvgIpc) is 2.50. The second kappa shape index (κ2) is 8.18. The zero-order valence-electron chi connectivity index (χ0n) is 13.5. The number of rotatable bonds is 5. The number of halogens is 2. The molecule has 126 valence electrons. The van der Waals surface area contributed by atoms with Crippen LogP contribution in [0.1, 0.15) is 35.7 Å². The molecule has 0 spiro atoms. The Labute approximate surface area is 151 Å². The molecule has 0 atom stereocenters. The number of hydrogen-bond donors (Lipinski definition) is 2. The molecule has 0 aliphatic rings. The molecule has 2 rings (SSSR count). The fraction of sp³-hybridized carbons (Fsp3) is 0.222. The first kappa shape index (κ1) is 18.3. The van der Waals surface area contributed by atoms with Crippen molar-refractivity contribution in [1.29, 1.82) is 0 Å². The van der Waals surface area contributed by atoms with Gasteiger partial charge in [0.05, 0.1) is 21.3 Å². The van der Waals surface area contributed by atoms with Gasteiger partial charge >= 0.3 is 0 Å². The molecule has 2 N–H and O–H groups in total. The molecule has 0 saturated heterocycles. The summed E-state index contributed by atoms with van der Waals surface area (Å²) in [6.45, 7) is 3.82. The molecule has 0 aliphatic heterocycles. The normalized spacial score (nSPS) is 10.3. The minimum atomic E-state index is -0.362. The minimum Gasteiger partial charge on any atom is -0.326 e. The lowest BCUT2D eigenvalue weighted by Gasteiger charge is -2.11. The smallest absolute Gasteiger partial charge is 0.257 e. The molecule has 0 unspecified atom stereocenters. The lowest BCUT2D eigenvalue weighted by Crippen LogP contribution is -2.14. The van der Waals surface area contributed by atoms with Gasteiger partial charge in [0.1, 0.15) is 0 Å². The molecule has 0 bridgehead atoms. The van der Waals surface area contributed by atoms with Gasteiger partial charge in [-0.3, -0.25) is 9.59 Å². The fourth-order valence-corrected chi connectivity index (χ4v) is 2.63. The fourth-order valence-electron chi connectivity index (χ4n) is 2.14. The van der Waals surface area contributed by atoms with Crippen LogP contribution in [0.3, 0.4) is 0 Å². The zero-order valence-corrected chi connectivity index (χ0v) is 15.0. The highest BCUT2D eigenvalue weighted by atomic mass is 35.5. The predicted molar refractivity (Wildman–Crippen MR) is 99.1 cm³/mol. The molecule has 2 amide bonds. The highest BCUT2D eigenvalue weighted by Crippen LogP contribution is 2.27. The molecule has 24 heavy (non-hydrogen) atoms. The topological polar surface area (TPSA) is 58.2 Å². The highest BCUT2D eigenvalue weighted by molar-refractivity contribution is 6.36. The van der Waals surface area contributed by atoms with Crippen LogP contribution in [0.5, 0.6) is 0 Å². The van der Waals surface area contributed by atoms with Crippen LogP contribution in [0.25, 0.3) is 0 Å². The van der Waals surface area contributed by atoms with Crippen molar-refractivity contribution >= 4 is 46.4 Å². The van der Waals surface area contributed by atoms with Crippen molar-refractivity contribution in [3.05, 3.63) is 57.6 Å². The summed E-state index contributed by atoms with van der Waals surface area (Å²) in [6, 6.07) is 10.1. The number of amides is 2. The molecule has 6 heteroatoms. The van der Waals surface area contributed by atoms with Crippen molar-refractivity contribution in [3.63, 3.8) is 0 Å². The maximum Gasteiger partial charge on any atom is 0.257 e. The van der Waals surface area contributed by atoms with E-state index in [0.29, 0.717) is 33.4 Å². The SMILES string of the molecule is CCCC(=O)Nc1ccc(Cl)c(NC(=O)c2ccc(C)cc2Cl)c1. The van der Waals surface area contributed by atoms with Crippen LogP contribution in [0.15, 0.2) is 36.4 Å². The Kier molecular flexibility index (Phi) is 6.23. The summed E-state index contributed by atoms with van der Waals surface area (Å²) in [6.07, 6.45) is 1.19. The summed E-state index contributed by atoms with van der Waals surface area (Å²) in [5.41, 5.74) is 2.31. The molecule has 0 heterocycles. The van der Waals surface area contributed by atoms with Crippen LogP contribution in [0.4, 0.5) is 11.4 Å². The predicted octanol–water partition coefficient (Wildman–Crippen LogP) is 5.29. The van der Waals surface area contributed by atoms with E-state index < -0.39 is 0 Å². The van der Waals surface area contributed by atoms with E-state index >= 15 is 0 Å². The van der Waals surface area contributed by atoms with Gasteiger partial charge in [-0.1, -0.05) is 36.2 Å². The second-order valence-corrected chi connectivity index (χ2v) is 6.24. The van der Waals surface area contributed by atoms with Gasteiger partial charge in [0.2, 0.25) is 5.91 Å². The Morgan fingerprint density at radius 1 is 1.00 bits per heavy atom.